The summed E-state index contributed by atoms with van der Waals surface area (Å²) in [6.07, 6.45) is 1.55. The third-order valence-corrected chi connectivity index (χ3v) is 2.64. The molecule has 0 amide bonds. The van der Waals surface area contributed by atoms with Crippen LogP contribution in [-0.2, 0) is 0 Å². The SMILES string of the molecule is Nc1nc(-c2cccc(F)c2)cc(-c2ccco2)n1. The van der Waals surface area contributed by atoms with E-state index in [1.54, 1.807) is 36.6 Å². The molecule has 0 saturated carbocycles. The van der Waals surface area contributed by atoms with Crippen LogP contribution in [0.5, 0.6) is 0 Å². The summed E-state index contributed by atoms with van der Waals surface area (Å²) in [5.41, 5.74) is 7.44. The molecule has 0 aliphatic heterocycles. The Morgan fingerprint density at radius 2 is 1.84 bits per heavy atom. The molecule has 0 fully saturated rings. The molecule has 2 aromatic heterocycles. The molecule has 4 nitrogen and oxygen atoms in total. The number of hydrogen-bond acceptors (Lipinski definition) is 4. The Kier molecular flexibility index (Phi) is 2.72. The molecule has 2 heterocycles. The summed E-state index contributed by atoms with van der Waals surface area (Å²) in [6.45, 7) is 0. The first-order valence-corrected chi connectivity index (χ1v) is 5.67. The maximum Gasteiger partial charge on any atom is 0.221 e. The Balaban J connectivity index is 2.12. The van der Waals surface area contributed by atoms with Crippen LogP contribution in [0, 0.1) is 5.82 Å². The Hall–Kier alpha value is -2.69. The topological polar surface area (TPSA) is 64.9 Å². The molecule has 0 aliphatic rings. The maximum atomic E-state index is 13.2. The van der Waals surface area contributed by atoms with Gasteiger partial charge in [0, 0.05) is 5.56 Å². The van der Waals surface area contributed by atoms with E-state index < -0.39 is 0 Å². The number of aromatic nitrogens is 2. The minimum atomic E-state index is -0.325. The van der Waals surface area contributed by atoms with Crippen LogP contribution >= 0.6 is 0 Å². The third kappa shape index (κ3) is 2.30. The largest absolute Gasteiger partial charge is 0.463 e. The minimum absolute atomic E-state index is 0.119. The van der Waals surface area contributed by atoms with Gasteiger partial charge in [0.1, 0.15) is 11.5 Å². The second kappa shape index (κ2) is 4.53. The summed E-state index contributed by atoms with van der Waals surface area (Å²) >= 11 is 0. The molecule has 19 heavy (non-hydrogen) atoms. The average molecular weight is 255 g/mol. The second-order valence-electron chi connectivity index (χ2n) is 3.98. The molecular formula is C14H10FN3O. The van der Waals surface area contributed by atoms with Crippen molar-refractivity contribution in [1.82, 2.24) is 9.97 Å². The van der Waals surface area contributed by atoms with E-state index in [9.17, 15) is 4.39 Å². The van der Waals surface area contributed by atoms with Crippen LogP contribution in [0.25, 0.3) is 22.7 Å². The van der Waals surface area contributed by atoms with Crippen LogP contribution in [0.15, 0.2) is 53.1 Å². The lowest BCUT2D eigenvalue weighted by atomic mass is 10.1. The van der Waals surface area contributed by atoms with Crippen molar-refractivity contribution in [2.24, 2.45) is 0 Å². The van der Waals surface area contributed by atoms with E-state index >= 15 is 0 Å². The quantitative estimate of drug-likeness (QED) is 0.764. The molecule has 2 N–H and O–H groups in total. The fourth-order valence-electron chi connectivity index (χ4n) is 1.81. The highest BCUT2D eigenvalue weighted by molar-refractivity contribution is 5.66. The molecule has 3 aromatic rings. The van der Waals surface area contributed by atoms with Crippen LogP contribution in [0.1, 0.15) is 0 Å². The van der Waals surface area contributed by atoms with Gasteiger partial charge in [-0.15, -0.1) is 0 Å². The number of hydrogen-bond donors (Lipinski definition) is 1. The van der Waals surface area contributed by atoms with E-state index in [1.165, 1.54) is 12.1 Å². The lowest BCUT2D eigenvalue weighted by Gasteiger charge is -2.04. The number of nitrogens with zero attached hydrogens (tertiary/aromatic N) is 2. The summed E-state index contributed by atoms with van der Waals surface area (Å²) in [6, 6.07) is 11.4. The van der Waals surface area contributed by atoms with Gasteiger partial charge in [-0.25, -0.2) is 14.4 Å². The predicted molar refractivity (Wildman–Crippen MR) is 69.5 cm³/mol. The Bertz CT molecular complexity index is 710. The van der Waals surface area contributed by atoms with Gasteiger partial charge in [0.25, 0.3) is 0 Å². The van der Waals surface area contributed by atoms with E-state index in [0.29, 0.717) is 22.7 Å². The lowest BCUT2D eigenvalue weighted by Crippen LogP contribution is -1.98. The van der Waals surface area contributed by atoms with Gasteiger partial charge in [-0.05, 0) is 30.3 Å². The van der Waals surface area contributed by atoms with Crippen molar-refractivity contribution in [1.29, 1.82) is 0 Å². The number of furan rings is 1. The Labute approximate surface area is 108 Å². The first-order chi connectivity index (χ1) is 9.22. The number of nitrogen functional groups attached to an aromatic ring is 1. The second-order valence-corrected chi connectivity index (χ2v) is 3.98. The smallest absolute Gasteiger partial charge is 0.221 e. The molecule has 3 rings (SSSR count). The molecule has 0 aliphatic carbocycles. The molecule has 0 radical (unpaired) electrons. The van der Waals surface area contributed by atoms with Crippen molar-refractivity contribution in [2.45, 2.75) is 0 Å². The van der Waals surface area contributed by atoms with Crippen LogP contribution in [0.2, 0.25) is 0 Å². The molecule has 0 bridgehead atoms. The zero-order valence-corrected chi connectivity index (χ0v) is 9.88. The summed E-state index contributed by atoms with van der Waals surface area (Å²) in [5, 5.41) is 0. The van der Waals surface area contributed by atoms with E-state index in [2.05, 4.69) is 9.97 Å². The van der Waals surface area contributed by atoms with E-state index in [0.717, 1.165) is 0 Å². The van der Waals surface area contributed by atoms with Gasteiger partial charge < -0.3 is 10.2 Å². The van der Waals surface area contributed by atoms with Gasteiger partial charge in [0.15, 0.2) is 5.76 Å². The van der Waals surface area contributed by atoms with E-state index in [-0.39, 0.29) is 11.8 Å². The van der Waals surface area contributed by atoms with E-state index in [4.69, 9.17) is 10.2 Å². The van der Waals surface area contributed by atoms with Gasteiger partial charge in [0.05, 0.1) is 12.0 Å². The number of anilines is 1. The number of nitrogens with two attached hydrogens (primary N) is 1. The van der Waals surface area contributed by atoms with Crippen LogP contribution < -0.4 is 5.73 Å². The molecule has 0 spiro atoms. The molecule has 5 heteroatoms. The number of halogens is 1. The Morgan fingerprint density at radius 1 is 1.00 bits per heavy atom. The van der Waals surface area contributed by atoms with Crippen molar-refractivity contribution in [3.8, 4) is 22.7 Å². The van der Waals surface area contributed by atoms with Crippen LogP contribution in [-0.4, -0.2) is 9.97 Å². The molecule has 0 unspecified atom stereocenters. The molecular weight excluding hydrogens is 245 g/mol. The summed E-state index contributed by atoms with van der Waals surface area (Å²) < 4.78 is 18.5. The first kappa shape index (κ1) is 11.4. The van der Waals surface area contributed by atoms with Gasteiger partial charge in [0.2, 0.25) is 5.95 Å². The van der Waals surface area contributed by atoms with Gasteiger partial charge in [-0.3, -0.25) is 0 Å². The highest BCUT2D eigenvalue weighted by atomic mass is 19.1. The van der Waals surface area contributed by atoms with Crippen molar-refractivity contribution in [3.63, 3.8) is 0 Å². The fourth-order valence-corrected chi connectivity index (χ4v) is 1.81. The number of rotatable bonds is 2. The fraction of sp³-hybridized carbons (Fsp3) is 0. The van der Waals surface area contributed by atoms with Gasteiger partial charge in [-0.1, -0.05) is 12.1 Å². The van der Waals surface area contributed by atoms with Crippen molar-refractivity contribution in [3.05, 3.63) is 54.5 Å². The highest BCUT2D eigenvalue weighted by Crippen LogP contribution is 2.25. The van der Waals surface area contributed by atoms with Crippen molar-refractivity contribution >= 4 is 5.95 Å². The standard InChI is InChI=1S/C14H10FN3O/c15-10-4-1-3-9(7-10)11-8-12(18-14(16)17-11)13-5-2-6-19-13/h1-8H,(H2,16,17,18). The molecule has 0 atom stereocenters. The summed E-state index contributed by atoms with van der Waals surface area (Å²) in [7, 11) is 0. The van der Waals surface area contributed by atoms with Gasteiger partial charge in [-0.2, -0.15) is 0 Å². The third-order valence-electron chi connectivity index (χ3n) is 2.64. The zero-order valence-electron chi connectivity index (χ0n) is 9.88. The lowest BCUT2D eigenvalue weighted by molar-refractivity contribution is 0.580. The minimum Gasteiger partial charge on any atom is -0.463 e. The normalized spacial score (nSPS) is 10.6. The maximum absolute atomic E-state index is 13.2. The predicted octanol–water partition coefficient (Wildman–Crippen LogP) is 3.12. The molecule has 0 saturated heterocycles. The Morgan fingerprint density at radius 3 is 2.58 bits per heavy atom. The summed E-state index contributed by atoms with van der Waals surface area (Å²) in [5.74, 6) is 0.383. The average Bonchev–Trinajstić information content (AvgIpc) is 2.92. The molecule has 94 valence electrons. The van der Waals surface area contributed by atoms with Gasteiger partial charge >= 0.3 is 0 Å². The van der Waals surface area contributed by atoms with E-state index in [1.807, 2.05) is 0 Å². The zero-order chi connectivity index (χ0) is 13.2. The monoisotopic (exact) mass is 255 g/mol. The highest BCUT2D eigenvalue weighted by Gasteiger charge is 2.09. The van der Waals surface area contributed by atoms with Crippen molar-refractivity contribution in [2.75, 3.05) is 5.73 Å². The molecule has 1 aromatic carbocycles. The first-order valence-electron chi connectivity index (χ1n) is 5.67. The summed E-state index contributed by atoms with van der Waals surface area (Å²) in [4.78, 5) is 8.22. The van der Waals surface area contributed by atoms with Crippen LogP contribution in [0.4, 0.5) is 10.3 Å². The van der Waals surface area contributed by atoms with Crippen LogP contribution in [0.3, 0.4) is 0 Å². The number of benzene rings is 1. The van der Waals surface area contributed by atoms with Crippen molar-refractivity contribution < 1.29 is 8.81 Å².